The molecule has 3 nitrogen and oxygen atoms in total. The van der Waals surface area contributed by atoms with Gasteiger partial charge in [-0.3, -0.25) is 4.79 Å². The summed E-state index contributed by atoms with van der Waals surface area (Å²) in [5.74, 6) is -0.147. The zero-order valence-electron chi connectivity index (χ0n) is 10.0. The molecule has 1 heterocycles. The van der Waals surface area contributed by atoms with Gasteiger partial charge in [-0.15, -0.1) is 0 Å². The van der Waals surface area contributed by atoms with Gasteiger partial charge in [-0.25, -0.2) is 0 Å². The molecule has 1 unspecified atom stereocenters. The van der Waals surface area contributed by atoms with Gasteiger partial charge >= 0.3 is 0 Å². The van der Waals surface area contributed by atoms with Gasteiger partial charge in [0.2, 0.25) is 0 Å². The van der Waals surface area contributed by atoms with E-state index >= 15 is 0 Å². The number of carbonyl (C=O) groups excluding carboxylic acids is 1. The minimum atomic E-state index is -0.893. The molecule has 3 heteroatoms. The maximum absolute atomic E-state index is 11.9. The van der Waals surface area contributed by atoms with Crippen LogP contribution in [0.15, 0.2) is 24.3 Å². The van der Waals surface area contributed by atoms with E-state index in [0.717, 1.165) is 19.4 Å². The third-order valence-electron chi connectivity index (χ3n) is 3.97. The lowest BCUT2D eigenvalue weighted by atomic mass is 9.87. The van der Waals surface area contributed by atoms with Crippen LogP contribution in [0.3, 0.4) is 0 Å². The van der Waals surface area contributed by atoms with Crippen LogP contribution >= 0.6 is 0 Å². The molecule has 17 heavy (non-hydrogen) atoms. The van der Waals surface area contributed by atoms with Crippen molar-refractivity contribution >= 4 is 5.91 Å². The van der Waals surface area contributed by atoms with Crippen molar-refractivity contribution in [3.8, 4) is 0 Å². The van der Waals surface area contributed by atoms with Crippen molar-refractivity contribution in [2.24, 2.45) is 0 Å². The van der Waals surface area contributed by atoms with Gasteiger partial charge in [0.25, 0.3) is 5.91 Å². The van der Waals surface area contributed by atoms with E-state index in [1.807, 2.05) is 6.07 Å². The molecule has 1 spiro atoms. The lowest BCUT2D eigenvalue weighted by Gasteiger charge is -2.35. The Hall–Kier alpha value is -1.35. The number of carbonyl (C=O) groups is 1. The molecule has 1 aromatic rings. The molecule has 1 saturated carbocycles. The quantitative estimate of drug-likeness (QED) is 0.794. The molecule has 0 radical (unpaired) electrons. The molecular formula is C14H17NO2. The van der Waals surface area contributed by atoms with Gasteiger partial charge in [0, 0.05) is 18.5 Å². The Bertz CT molecular complexity index is 463. The summed E-state index contributed by atoms with van der Waals surface area (Å²) in [5, 5.41) is 9.42. The predicted molar refractivity (Wildman–Crippen MR) is 64.5 cm³/mol. The fourth-order valence-electron chi connectivity index (χ4n) is 2.89. The number of aliphatic hydroxyl groups is 1. The highest BCUT2D eigenvalue weighted by atomic mass is 16.3. The van der Waals surface area contributed by atoms with Crippen LogP contribution in [0.5, 0.6) is 0 Å². The number of amides is 1. The van der Waals surface area contributed by atoms with E-state index in [2.05, 4.69) is 18.2 Å². The molecule has 1 atom stereocenters. The molecule has 0 bridgehead atoms. The van der Waals surface area contributed by atoms with Crippen LogP contribution in [-0.2, 0) is 16.8 Å². The monoisotopic (exact) mass is 231 g/mol. The molecule has 0 saturated heterocycles. The van der Waals surface area contributed by atoms with Crippen molar-refractivity contribution in [2.45, 2.75) is 37.8 Å². The number of nitrogens with zero attached hydrogens (tertiary/aromatic N) is 1. The first-order chi connectivity index (χ1) is 8.12. The summed E-state index contributed by atoms with van der Waals surface area (Å²) in [7, 11) is 0. The van der Waals surface area contributed by atoms with Gasteiger partial charge in [-0.1, -0.05) is 24.3 Å². The molecule has 1 aliphatic heterocycles. The van der Waals surface area contributed by atoms with Crippen molar-refractivity contribution in [2.75, 3.05) is 6.54 Å². The van der Waals surface area contributed by atoms with Gasteiger partial charge < -0.3 is 10.0 Å². The van der Waals surface area contributed by atoms with Crippen LogP contribution in [0.4, 0.5) is 0 Å². The van der Waals surface area contributed by atoms with Crippen LogP contribution in [-0.4, -0.2) is 28.6 Å². The summed E-state index contributed by atoms with van der Waals surface area (Å²) < 4.78 is 0. The summed E-state index contributed by atoms with van der Waals surface area (Å²) >= 11 is 0. The minimum Gasteiger partial charge on any atom is -0.384 e. The standard InChI is InChI=1S/C14H17NO2/c1-10(16)13(17)15-8-11-4-2-3-5-12(11)14(9-15)6-7-14/h2-5,10,16H,6-9H2,1H3. The second-order valence-electron chi connectivity index (χ2n) is 5.31. The van der Waals surface area contributed by atoms with E-state index in [1.54, 1.807) is 11.8 Å². The normalized spacial score (nSPS) is 22.1. The Kier molecular flexibility index (Phi) is 2.26. The van der Waals surface area contributed by atoms with Crippen molar-refractivity contribution in [3.05, 3.63) is 35.4 Å². The lowest BCUT2D eigenvalue weighted by molar-refractivity contribution is -0.140. The van der Waals surface area contributed by atoms with Gasteiger partial charge in [-0.2, -0.15) is 0 Å². The topological polar surface area (TPSA) is 40.5 Å². The summed E-state index contributed by atoms with van der Waals surface area (Å²) in [6.07, 6.45) is 1.43. The lowest BCUT2D eigenvalue weighted by Crippen LogP contribution is -2.45. The molecule has 1 N–H and O–H groups in total. The van der Waals surface area contributed by atoms with Crippen molar-refractivity contribution in [1.82, 2.24) is 4.90 Å². The molecule has 3 rings (SSSR count). The number of rotatable bonds is 1. The Labute approximate surface area is 101 Å². The molecule has 2 aliphatic rings. The van der Waals surface area contributed by atoms with E-state index in [1.165, 1.54) is 11.1 Å². The van der Waals surface area contributed by atoms with Crippen LogP contribution in [0.25, 0.3) is 0 Å². The SMILES string of the molecule is CC(O)C(=O)N1Cc2ccccc2C2(CC2)C1. The number of fused-ring (bicyclic) bond motifs is 2. The van der Waals surface area contributed by atoms with Crippen LogP contribution in [0.2, 0.25) is 0 Å². The van der Waals surface area contributed by atoms with E-state index in [0.29, 0.717) is 6.54 Å². The average Bonchev–Trinajstić information content (AvgIpc) is 3.08. The van der Waals surface area contributed by atoms with E-state index in [9.17, 15) is 9.90 Å². The third-order valence-corrected chi connectivity index (χ3v) is 3.97. The molecule has 0 aromatic heterocycles. The minimum absolute atomic E-state index is 0.147. The van der Waals surface area contributed by atoms with Crippen molar-refractivity contribution in [3.63, 3.8) is 0 Å². The van der Waals surface area contributed by atoms with Gasteiger partial charge in [0.1, 0.15) is 6.10 Å². The highest BCUT2D eigenvalue weighted by molar-refractivity contribution is 5.80. The summed E-state index contributed by atoms with van der Waals surface area (Å²) in [6.45, 7) is 2.96. The fraction of sp³-hybridized carbons (Fsp3) is 0.500. The van der Waals surface area contributed by atoms with E-state index in [4.69, 9.17) is 0 Å². The highest BCUT2D eigenvalue weighted by Gasteiger charge is 2.49. The fourth-order valence-corrected chi connectivity index (χ4v) is 2.89. The van der Waals surface area contributed by atoms with Crippen molar-refractivity contribution in [1.29, 1.82) is 0 Å². The zero-order valence-corrected chi connectivity index (χ0v) is 10.0. The molecule has 90 valence electrons. The summed E-state index contributed by atoms with van der Waals surface area (Å²) in [5.41, 5.74) is 2.85. The molecule has 1 aromatic carbocycles. The Morgan fingerprint density at radius 1 is 1.41 bits per heavy atom. The second-order valence-corrected chi connectivity index (χ2v) is 5.31. The van der Waals surface area contributed by atoms with Crippen molar-refractivity contribution < 1.29 is 9.90 Å². The smallest absolute Gasteiger partial charge is 0.251 e. The van der Waals surface area contributed by atoms with Gasteiger partial charge in [0.15, 0.2) is 0 Å². The Morgan fingerprint density at radius 2 is 2.12 bits per heavy atom. The van der Waals surface area contributed by atoms with Crippen LogP contribution in [0.1, 0.15) is 30.9 Å². The summed E-state index contributed by atoms with van der Waals surface area (Å²) in [6, 6.07) is 8.37. The van der Waals surface area contributed by atoms with Crippen LogP contribution in [0, 0.1) is 0 Å². The summed E-state index contributed by atoms with van der Waals surface area (Å²) in [4.78, 5) is 13.7. The van der Waals surface area contributed by atoms with Gasteiger partial charge in [0.05, 0.1) is 0 Å². The number of benzene rings is 1. The number of hydrogen-bond donors (Lipinski definition) is 1. The molecular weight excluding hydrogens is 214 g/mol. The first kappa shape index (κ1) is 10.8. The zero-order chi connectivity index (χ0) is 12.0. The first-order valence-corrected chi connectivity index (χ1v) is 6.18. The van der Waals surface area contributed by atoms with Gasteiger partial charge in [-0.05, 0) is 30.9 Å². The highest BCUT2D eigenvalue weighted by Crippen LogP contribution is 2.52. The third kappa shape index (κ3) is 1.65. The second kappa shape index (κ2) is 3.57. The maximum Gasteiger partial charge on any atom is 0.251 e. The first-order valence-electron chi connectivity index (χ1n) is 6.18. The van der Waals surface area contributed by atoms with E-state index in [-0.39, 0.29) is 11.3 Å². The Morgan fingerprint density at radius 3 is 2.76 bits per heavy atom. The van der Waals surface area contributed by atoms with E-state index < -0.39 is 6.10 Å². The Balaban J connectivity index is 1.95. The molecule has 1 aliphatic carbocycles. The molecule has 1 fully saturated rings. The molecule has 1 amide bonds. The number of hydrogen-bond acceptors (Lipinski definition) is 2. The average molecular weight is 231 g/mol. The largest absolute Gasteiger partial charge is 0.384 e. The predicted octanol–water partition coefficient (Wildman–Crippen LogP) is 1.44. The number of aliphatic hydroxyl groups excluding tert-OH is 1. The maximum atomic E-state index is 11.9. The van der Waals surface area contributed by atoms with Crippen LogP contribution < -0.4 is 0 Å².